The Morgan fingerprint density at radius 2 is 1.93 bits per heavy atom. The van der Waals surface area contributed by atoms with E-state index in [4.69, 9.17) is 13.9 Å². The highest BCUT2D eigenvalue weighted by Crippen LogP contribution is 2.23. The van der Waals surface area contributed by atoms with Crippen LogP contribution in [0.2, 0.25) is 0 Å². The summed E-state index contributed by atoms with van der Waals surface area (Å²) in [4.78, 5) is 36.9. The summed E-state index contributed by atoms with van der Waals surface area (Å²) in [5.41, 5.74) is 0.691. The van der Waals surface area contributed by atoms with Crippen molar-refractivity contribution in [2.45, 2.75) is 12.5 Å². The van der Waals surface area contributed by atoms with E-state index in [9.17, 15) is 14.4 Å². The lowest BCUT2D eigenvalue weighted by Crippen LogP contribution is -2.43. The number of esters is 1. The van der Waals surface area contributed by atoms with Crippen molar-refractivity contribution in [2.75, 3.05) is 14.2 Å². The molecule has 0 aliphatic heterocycles. The molecule has 0 fully saturated rings. The Morgan fingerprint density at radius 3 is 2.62 bits per heavy atom. The molecule has 1 N–H and O–H groups in total. The molecule has 7 nitrogen and oxygen atoms in total. The van der Waals surface area contributed by atoms with Crippen LogP contribution >= 0.6 is 15.9 Å². The van der Waals surface area contributed by atoms with Gasteiger partial charge < -0.3 is 19.2 Å². The first-order valence-corrected chi connectivity index (χ1v) is 9.45. The Hall–Kier alpha value is -3.13. The average molecular weight is 460 g/mol. The predicted octanol–water partition coefficient (Wildman–Crippen LogP) is 3.08. The summed E-state index contributed by atoms with van der Waals surface area (Å²) in [6.45, 7) is 0. The van der Waals surface area contributed by atoms with Crippen LogP contribution in [0.4, 0.5) is 0 Å². The monoisotopic (exact) mass is 459 g/mol. The third-order valence-electron chi connectivity index (χ3n) is 4.34. The number of methoxy groups -OCH3 is 2. The minimum atomic E-state index is -0.987. The Kier molecular flexibility index (Phi) is 6.33. The van der Waals surface area contributed by atoms with Gasteiger partial charge in [-0.3, -0.25) is 4.79 Å². The number of halogens is 1. The molecule has 3 aromatic rings. The van der Waals surface area contributed by atoms with Gasteiger partial charge in [0.2, 0.25) is 0 Å². The van der Waals surface area contributed by atoms with Crippen LogP contribution in [0.15, 0.2) is 62.2 Å². The van der Waals surface area contributed by atoms with E-state index in [2.05, 4.69) is 21.2 Å². The highest BCUT2D eigenvalue weighted by molar-refractivity contribution is 9.10. The van der Waals surface area contributed by atoms with Crippen LogP contribution in [0, 0.1) is 0 Å². The first-order valence-electron chi connectivity index (χ1n) is 8.66. The van der Waals surface area contributed by atoms with Gasteiger partial charge in [0, 0.05) is 34.0 Å². The molecular weight excluding hydrogens is 442 g/mol. The summed E-state index contributed by atoms with van der Waals surface area (Å²) >= 11 is 3.31. The lowest BCUT2D eigenvalue weighted by molar-refractivity contribution is -0.142. The number of fused-ring (bicyclic) bond motifs is 1. The summed E-state index contributed by atoms with van der Waals surface area (Å²) in [7, 11) is 2.75. The number of carbonyl (C=O) groups excluding carboxylic acids is 2. The lowest BCUT2D eigenvalue weighted by Gasteiger charge is -2.17. The Morgan fingerprint density at radius 1 is 1.14 bits per heavy atom. The number of benzene rings is 2. The smallest absolute Gasteiger partial charge is 0.336 e. The van der Waals surface area contributed by atoms with Crippen molar-refractivity contribution in [2.24, 2.45) is 0 Å². The summed E-state index contributed by atoms with van der Waals surface area (Å²) in [5, 5.41) is 3.31. The number of ether oxygens (including phenoxy) is 2. The molecule has 1 amide bonds. The second kappa shape index (κ2) is 8.91. The maximum absolute atomic E-state index is 12.6. The normalized spacial score (nSPS) is 11.7. The molecule has 2 aromatic carbocycles. The molecule has 0 radical (unpaired) electrons. The van der Waals surface area contributed by atoms with E-state index < -0.39 is 23.5 Å². The van der Waals surface area contributed by atoms with E-state index in [1.54, 1.807) is 42.5 Å². The van der Waals surface area contributed by atoms with Crippen molar-refractivity contribution in [3.8, 4) is 5.75 Å². The van der Waals surface area contributed by atoms with Crippen molar-refractivity contribution < 1.29 is 23.5 Å². The molecule has 3 rings (SSSR count). The van der Waals surface area contributed by atoms with E-state index in [0.717, 1.165) is 4.47 Å². The van der Waals surface area contributed by atoms with Gasteiger partial charge >= 0.3 is 11.6 Å². The van der Waals surface area contributed by atoms with Crippen molar-refractivity contribution in [3.63, 3.8) is 0 Å². The van der Waals surface area contributed by atoms with Gasteiger partial charge in [-0.15, -0.1) is 0 Å². The van der Waals surface area contributed by atoms with E-state index in [1.165, 1.54) is 20.3 Å². The molecule has 0 spiro atoms. The van der Waals surface area contributed by atoms with Crippen LogP contribution in [-0.4, -0.2) is 32.1 Å². The summed E-state index contributed by atoms with van der Waals surface area (Å²) in [6.07, 6.45) is 0.0564. The number of amides is 1. The molecule has 0 saturated heterocycles. The minimum absolute atomic E-state index is 0.0564. The summed E-state index contributed by atoms with van der Waals surface area (Å²) in [6, 6.07) is 12.1. The molecule has 0 aliphatic carbocycles. The third-order valence-corrected chi connectivity index (χ3v) is 4.83. The van der Waals surface area contributed by atoms with E-state index >= 15 is 0 Å². The predicted molar refractivity (Wildman–Crippen MR) is 110 cm³/mol. The number of nitrogens with one attached hydrogen (secondary N) is 1. The fraction of sp³-hybridized carbons (Fsp3) is 0.190. The zero-order valence-corrected chi connectivity index (χ0v) is 17.3. The topological polar surface area (TPSA) is 94.8 Å². The minimum Gasteiger partial charge on any atom is -0.497 e. The van der Waals surface area contributed by atoms with E-state index in [0.29, 0.717) is 27.8 Å². The van der Waals surface area contributed by atoms with Gasteiger partial charge in [-0.2, -0.15) is 0 Å². The zero-order valence-electron chi connectivity index (χ0n) is 15.7. The quantitative estimate of drug-likeness (QED) is 0.449. The van der Waals surface area contributed by atoms with Crippen LogP contribution < -0.4 is 15.7 Å². The molecule has 1 aromatic heterocycles. The van der Waals surface area contributed by atoms with Gasteiger partial charge in [0.05, 0.1) is 14.2 Å². The number of hydrogen-bond donors (Lipinski definition) is 1. The Labute approximate surface area is 174 Å². The molecule has 0 bridgehead atoms. The molecule has 0 saturated carbocycles. The molecule has 0 unspecified atom stereocenters. The molecule has 0 aliphatic rings. The zero-order chi connectivity index (χ0) is 21.0. The highest BCUT2D eigenvalue weighted by Gasteiger charge is 2.24. The molecule has 8 heteroatoms. The number of hydrogen-bond acceptors (Lipinski definition) is 6. The van der Waals surface area contributed by atoms with Crippen molar-refractivity contribution >= 4 is 38.8 Å². The first kappa shape index (κ1) is 20.6. The fourth-order valence-corrected chi connectivity index (χ4v) is 3.33. The van der Waals surface area contributed by atoms with Gasteiger partial charge in [0.15, 0.2) is 0 Å². The van der Waals surface area contributed by atoms with Crippen molar-refractivity contribution in [1.29, 1.82) is 0 Å². The third kappa shape index (κ3) is 4.83. The average Bonchev–Trinajstić information content (AvgIpc) is 2.71. The second-order valence-corrected chi connectivity index (χ2v) is 7.13. The molecule has 1 heterocycles. The van der Waals surface area contributed by atoms with E-state index in [-0.39, 0.29) is 6.42 Å². The highest BCUT2D eigenvalue weighted by atomic mass is 79.9. The molecular formula is C21H18BrNO6. The van der Waals surface area contributed by atoms with Crippen LogP contribution in [0.25, 0.3) is 11.0 Å². The fourth-order valence-electron chi connectivity index (χ4n) is 2.93. The van der Waals surface area contributed by atoms with Gasteiger partial charge in [0.1, 0.15) is 17.4 Å². The molecule has 150 valence electrons. The standard InChI is InChI=1S/C21H18BrNO6/c1-27-15-6-7-16-13(10-19(24)29-18(16)11-15)9-17(21(26)28-2)23-20(25)12-4-3-5-14(22)8-12/h3-8,10-11,17H,9H2,1-2H3,(H,23,25)/t17-/m0/s1. The molecule has 1 atom stereocenters. The number of carbonyl (C=O) groups is 2. The van der Waals surface area contributed by atoms with Crippen LogP contribution in [0.1, 0.15) is 15.9 Å². The summed E-state index contributed by atoms with van der Waals surface area (Å²) < 4.78 is 16.0. The summed E-state index contributed by atoms with van der Waals surface area (Å²) in [5.74, 6) is -0.524. The van der Waals surface area contributed by atoms with Crippen molar-refractivity contribution in [1.82, 2.24) is 5.32 Å². The second-order valence-electron chi connectivity index (χ2n) is 6.22. The Balaban J connectivity index is 1.94. The lowest BCUT2D eigenvalue weighted by atomic mass is 10.0. The number of rotatable bonds is 6. The van der Waals surface area contributed by atoms with E-state index in [1.807, 2.05) is 0 Å². The maximum atomic E-state index is 12.6. The van der Waals surface area contributed by atoms with Crippen LogP contribution in [-0.2, 0) is 16.0 Å². The SMILES string of the molecule is COC(=O)[C@H](Cc1cc(=O)oc2cc(OC)ccc12)NC(=O)c1cccc(Br)c1. The van der Waals surface area contributed by atoms with Gasteiger partial charge in [-0.25, -0.2) is 9.59 Å². The van der Waals surface area contributed by atoms with Crippen LogP contribution in [0.5, 0.6) is 5.75 Å². The van der Waals surface area contributed by atoms with Gasteiger partial charge in [-0.05, 0) is 35.9 Å². The molecule has 29 heavy (non-hydrogen) atoms. The largest absolute Gasteiger partial charge is 0.497 e. The maximum Gasteiger partial charge on any atom is 0.336 e. The first-order chi connectivity index (χ1) is 13.9. The Bertz CT molecular complexity index is 1120. The van der Waals surface area contributed by atoms with Gasteiger partial charge in [0.25, 0.3) is 5.91 Å². The van der Waals surface area contributed by atoms with Crippen LogP contribution in [0.3, 0.4) is 0 Å². The van der Waals surface area contributed by atoms with Gasteiger partial charge in [-0.1, -0.05) is 22.0 Å². The van der Waals surface area contributed by atoms with Crippen molar-refractivity contribution in [3.05, 3.63) is 74.6 Å².